The van der Waals surface area contributed by atoms with E-state index in [1.807, 2.05) is 25.2 Å². The van der Waals surface area contributed by atoms with Crippen molar-refractivity contribution in [3.63, 3.8) is 0 Å². The Morgan fingerprint density at radius 3 is 2.92 bits per heavy atom. The molecule has 0 radical (unpaired) electrons. The lowest BCUT2D eigenvalue weighted by molar-refractivity contribution is 0.174. The van der Waals surface area contributed by atoms with Crippen LogP contribution >= 0.6 is 11.6 Å². The van der Waals surface area contributed by atoms with Crippen molar-refractivity contribution in [3.8, 4) is 11.5 Å². The van der Waals surface area contributed by atoms with Crippen LogP contribution in [-0.4, -0.2) is 13.8 Å². The van der Waals surface area contributed by atoms with Crippen LogP contribution in [0.15, 0.2) is 18.2 Å². The molecule has 0 bridgehead atoms. The van der Waals surface area contributed by atoms with Gasteiger partial charge in [0, 0.05) is 0 Å². The predicted octanol–water partition coefficient (Wildman–Crippen LogP) is 1.87. The van der Waals surface area contributed by atoms with Crippen molar-refractivity contribution in [2.45, 2.75) is 5.50 Å². The summed E-state index contributed by atoms with van der Waals surface area (Å²) >= 11 is 5.98. The Labute approximate surface area is 81.6 Å². The molecular weight excluding hydrogens is 190 g/mol. The van der Waals surface area contributed by atoms with Gasteiger partial charge in [-0.15, -0.1) is 11.6 Å². The molecule has 2 rings (SSSR count). The van der Waals surface area contributed by atoms with Crippen LogP contribution in [0.2, 0.25) is 0 Å². The van der Waals surface area contributed by atoms with Crippen LogP contribution in [0.4, 0.5) is 0 Å². The number of hydrogen-bond acceptors (Lipinski definition) is 3. The Morgan fingerprint density at radius 2 is 2.15 bits per heavy atom. The molecular formula is C9H10ClNO2. The molecule has 70 valence electrons. The number of benzene rings is 1. The molecule has 0 fully saturated rings. The van der Waals surface area contributed by atoms with Gasteiger partial charge in [0.2, 0.25) is 6.79 Å². The quantitative estimate of drug-likeness (QED) is 0.583. The summed E-state index contributed by atoms with van der Waals surface area (Å²) in [5.74, 6) is 1.54. The molecule has 13 heavy (non-hydrogen) atoms. The maximum absolute atomic E-state index is 5.98. The van der Waals surface area contributed by atoms with E-state index in [1.54, 1.807) is 0 Å². The second-order valence-corrected chi connectivity index (χ2v) is 3.20. The smallest absolute Gasteiger partial charge is 0.231 e. The Hall–Kier alpha value is -0.930. The first-order valence-electron chi connectivity index (χ1n) is 4.02. The number of fused-ring (bicyclic) bond motifs is 1. The fraction of sp³-hybridized carbons (Fsp3) is 0.333. The number of halogens is 1. The maximum atomic E-state index is 5.98. The van der Waals surface area contributed by atoms with E-state index in [9.17, 15) is 0 Å². The van der Waals surface area contributed by atoms with E-state index in [-0.39, 0.29) is 5.50 Å². The first-order chi connectivity index (χ1) is 6.31. The van der Waals surface area contributed by atoms with Gasteiger partial charge < -0.3 is 14.8 Å². The summed E-state index contributed by atoms with van der Waals surface area (Å²) in [7, 11) is 1.81. The molecule has 1 aromatic rings. The van der Waals surface area contributed by atoms with Gasteiger partial charge in [0.05, 0.1) is 0 Å². The van der Waals surface area contributed by atoms with Crippen molar-refractivity contribution in [3.05, 3.63) is 23.8 Å². The normalized spacial score (nSPS) is 15.8. The van der Waals surface area contributed by atoms with Crippen LogP contribution in [0, 0.1) is 0 Å². The van der Waals surface area contributed by atoms with Crippen LogP contribution in [0.5, 0.6) is 11.5 Å². The molecule has 4 heteroatoms. The van der Waals surface area contributed by atoms with Crippen LogP contribution in [0.25, 0.3) is 0 Å². The number of ether oxygens (including phenoxy) is 2. The lowest BCUT2D eigenvalue weighted by Gasteiger charge is -2.08. The zero-order chi connectivity index (χ0) is 9.26. The third kappa shape index (κ3) is 1.57. The second kappa shape index (κ2) is 3.44. The third-order valence-electron chi connectivity index (χ3n) is 1.94. The highest BCUT2D eigenvalue weighted by Crippen LogP contribution is 2.34. The average molecular weight is 200 g/mol. The van der Waals surface area contributed by atoms with Gasteiger partial charge in [-0.25, -0.2) is 0 Å². The fourth-order valence-electron chi connectivity index (χ4n) is 1.24. The Bertz CT molecular complexity index is 316. The molecule has 0 aromatic heterocycles. The molecule has 1 atom stereocenters. The van der Waals surface area contributed by atoms with Crippen molar-refractivity contribution in [1.29, 1.82) is 0 Å². The number of alkyl halides is 1. The molecule has 1 aliphatic rings. The molecule has 0 aliphatic carbocycles. The highest BCUT2D eigenvalue weighted by Gasteiger charge is 2.15. The number of hydrogen-bond donors (Lipinski definition) is 1. The first kappa shape index (κ1) is 8.66. The zero-order valence-electron chi connectivity index (χ0n) is 7.21. The van der Waals surface area contributed by atoms with Gasteiger partial charge in [0.15, 0.2) is 11.5 Å². The molecule has 0 saturated heterocycles. The van der Waals surface area contributed by atoms with E-state index in [4.69, 9.17) is 21.1 Å². The van der Waals surface area contributed by atoms with Crippen molar-refractivity contribution in [2.75, 3.05) is 13.8 Å². The molecule has 1 aromatic carbocycles. The lowest BCUT2D eigenvalue weighted by atomic mass is 10.2. The Kier molecular flexibility index (Phi) is 2.29. The lowest BCUT2D eigenvalue weighted by Crippen LogP contribution is -2.09. The summed E-state index contributed by atoms with van der Waals surface area (Å²) in [5.41, 5.74) is 0.794. The van der Waals surface area contributed by atoms with Crippen LogP contribution in [0.1, 0.15) is 11.1 Å². The summed E-state index contributed by atoms with van der Waals surface area (Å²) in [6, 6.07) is 5.67. The highest BCUT2D eigenvalue weighted by molar-refractivity contribution is 6.20. The molecule has 1 aliphatic heterocycles. The van der Waals surface area contributed by atoms with E-state index in [2.05, 4.69) is 5.32 Å². The molecule has 1 heterocycles. The molecule has 3 nitrogen and oxygen atoms in total. The zero-order valence-corrected chi connectivity index (χ0v) is 7.97. The highest BCUT2D eigenvalue weighted by atomic mass is 35.5. The fourth-order valence-corrected chi connectivity index (χ4v) is 1.37. The number of rotatable bonds is 2. The predicted molar refractivity (Wildman–Crippen MR) is 50.2 cm³/mol. The van der Waals surface area contributed by atoms with Gasteiger partial charge in [-0.1, -0.05) is 6.07 Å². The van der Waals surface area contributed by atoms with E-state index in [1.165, 1.54) is 0 Å². The molecule has 0 spiro atoms. The van der Waals surface area contributed by atoms with E-state index < -0.39 is 0 Å². The van der Waals surface area contributed by atoms with Crippen LogP contribution < -0.4 is 14.8 Å². The Morgan fingerprint density at radius 1 is 1.38 bits per heavy atom. The first-order valence-corrected chi connectivity index (χ1v) is 4.46. The minimum absolute atomic E-state index is 0.186. The standard InChI is InChI=1S/C9H10ClNO2/c1-11-9(10)6-2-3-7-8(4-6)13-5-12-7/h2-4,9,11H,5H2,1H3. The van der Waals surface area contributed by atoms with Gasteiger partial charge in [0.25, 0.3) is 0 Å². The Balaban J connectivity index is 2.30. The van der Waals surface area contributed by atoms with Gasteiger partial charge in [0.1, 0.15) is 5.50 Å². The topological polar surface area (TPSA) is 30.5 Å². The molecule has 1 N–H and O–H groups in total. The third-order valence-corrected chi connectivity index (χ3v) is 2.41. The monoisotopic (exact) mass is 199 g/mol. The average Bonchev–Trinajstić information content (AvgIpc) is 2.63. The van der Waals surface area contributed by atoms with E-state index in [0.717, 1.165) is 17.1 Å². The summed E-state index contributed by atoms with van der Waals surface area (Å²) in [6.45, 7) is 0.297. The van der Waals surface area contributed by atoms with Crippen LogP contribution in [-0.2, 0) is 0 Å². The number of nitrogens with one attached hydrogen (secondary N) is 1. The van der Waals surface area contributed by atoms with E-state index in [0.29, 0.717) is 6.79 Å². The maximum Gasteiger partial charge on any atom is 0.231 e. The SMILES string of the molecule is CNC(Cl)c1ccc2c(c1)OCO2. The largest absolute Gasteiger partial charge is 0.454 e. The van der Waals surface area contributed by atoms with E-state index >= 15 is 0 Å². The summed E-state index contributed by atoms with van der Waals surface area (Å²) in [6.07, 6.45) is 0. The van der Waals surface area contributed by atoms with Crippen molar-refractivity contribution in [2.24, 2.45) is 0 Å². The molecule has 1 unspecified atom stereocenters. The van der Waals surface area contributed by atoms with Crippen molar-refractivity contribution < 1.29 is 9.47 Å². The second-order valence-electron chi connectivity index (χ2n) is 2.76. The van der Waals surface area contributed by atoms with Gasteiger partial charge in [-0.05, 0) is 24.7 Å². The molecule has 0 saturated carbocycles. The molecule has 0 amide bonds. The van der Waals surface area contributed by atoms with Crippen LogP contribution in [0.3, 0.4) is 0 Å². The van der Waals surface area contributed by atoms with Crippen molar-refractivity contribution in [1.82, 2.24) is 5.32 Å². The minimum atomic E-state index is -0.186. The van der Waals surface area contributed by atoms with Gasteiger partial charge in [-0.3, -0.25) is 0 Å². The summed E-state index contributed by atoms with van der Waals surface area (Å²) < 4.78 is 10.4. The van der Waals surface area contributed by atoms with Crippen molar-refractivity contribution >= 4 is 11.6 Å². The summed E-state index contributed by atoms with van der Waals surface area (Å²) in [4.78, 5) is 0. The van der Waals surface area contributed by atoms with Gasteiger partial charge in [-0.2, -0.15) is 0 Å². The summed E-state index contributed by atoms with van der Waals surface area (Å²) in [5, 5.41) is 2.94. The minimum Gasteiger partial charge on any atom is -0.454 e. The van der Waals surface area contributed by atoms with Gasteiger partial charge >= 0.3 is 0 Å².